The van der Waals surface area contributed by atoms with E-state index < -0.39 is 20.2 Å². The Kier molecular flexibility index (Phi) is 6.21. The monoisotopic (exact) mass is 316 g/mol. The molecule has 1 aliphatic carbocycles. The van der Waals surface area contributed by atoms with Crippen LogP contribution in [0, 0.1) is 0 Å². The predicted octanol–water partition coefficient (Wildman–Crippen LogP) is 3.47. The summed E-state index contributed by atoms with van der Waals surface area (Å²) >= 11 is 0. The molecule has 21 heavy (non-hydrogen) atoms. The Labute approximate surface area is 130 Å². The van der Waals surface area contributed by atoms with E-state index in [9.17, 15) is 5.11 Å². The van der Waals surface area contributed by atoms with Gasteiger partial charge in [-0.2, -0.15) is 0 Å². The SMILES string of the molecule is COC(C[C@]1(O)C=CCC[C@@H]1O[Si](C)(C)C(C)(C)C)OC. The van der Waals surface area contributed by atoms with Crippen molar-refractivity contribution < 1.29 is 19.0 Å². The molecule has 1 rings (SSSR count). The molecule has 5 heteroatoms. The Balaban J connectivity index is 2.91. The molecule has 4 nitrogen and oxygen atoms in total. The van der Waals surface area contributed by atoms with E-state index in [1.54, 1.807) is 14.2 Å². The van der Waals surface area contributed by atoms with E-state index in [1.165, 1.54) is 0 Å². The average molecular weight is 317 g/mol. The lowest BCUT2D eigenvalue weighted by molar-refractivity contribution is -0.154. The molecule has 0 heterocycles. The van der Waals surface area contributed by atoms with Gasteiger partial charge in [-0.25, -0.2) is 0 Å². The lowest BCUT2D eigenvalue weighted by Crippen LogP contribution is -2.53. The number of aliphatic hydroxyl groups is 1. The highest BCUT2D eigenvalue weighted by molar-refractivity contribution is 6.74. The predicted molar refractivity (Wildman–Crippen MR) is 87.8 cm³/mol. The molecule has 0 aromatic carbocycles. The normalized spacial score (nSPS) is 27.4. The summed E-state index contributed by atoms with van der Waals surface area (Å²) in [5.74, 6) is 0. The zero-order valence-corrected chi connectivity index (χ0v) is 15.6. The molecule has 0 spiro atoms. The lowest BCUT2D eigenvalue weighted by Gasteiger charge is -2.45. The minimum atomic E-state index is -1.93. The van der Waals surface area contributed by atoms with Crippen LogP contribution in [0.4, 0.5) is 0 Å². The Morgan fingerprint density at radius 1 is 1.29 bits per heavy atom. The summed E-state index contributed by atoms with van der Waals surface area (Å²) < 4.78 is 17.0. The lowest BCUT2D eigenvalue weighted by atomic mass is 9.85. The number of rotatable bonds is 6. The largest absolute Gasteiger partial charge is 0.411 e. The third-order valence-corrected chi connectivity index (χ3v) is 9.31. The maximum atomic E-state index is 11.0. The summed E-state index contributed by atoms with van der Waals surface area (Å²) in [6.45, 7) is 11.1. The van der Waals surface area contributed by atoms with Crippen molar-refractivity contribution in [1.29, 1.82) is 0 Å². The number of ether oxygens (including phenoxy) is 2. The molecule has 0 aliphatic heterocycles. The summed E-state index contributed by atoms with van der Waals surface area (Å²) in [4.78, 5) is 0. The fourth-order valence-corrected chi connectivity index (χ4v) is 3.70. The van der Waals surface area contributed by atoms with Crippen LogP contribution in [0.3, 0.4) is 0 Å². The number of hydrogen-bond acceptors (Lipinski definition) is 4. The van der Waals surface area contributed by atoms with Crippen LogP contribution in [-0.4, -0.2) is 45.6 Å². The van der Waals surface area contributed by atoms with Crippen molar-refractivity contribution in [1.82, 2.24) is 0 Å². The molecule has 0 bridgehead atoms. The number of hydrogen-bond donors (Lipinski definition) is 1. The maximum absolute atomic E-state index is 11.0. The summed E-state index contributed by atoms with van der Waals surface area (Å²) in [5, 5.41) is 11.2. The quantitative estimate of drug-likeness (QED) is 0.463. The fraction of sp³-hybridized carbons (Fsp3) is 0.875. The van der Waals surface area contributed by atoms with Gasteiger partial charge in [0, 0.05) is 20.6 Å². The highest BCUT2D eigenvalue weighted by atomic mass is 28.4. The van der Waals surface area contributed by atoms with Crippen molar-refractivity contribution in [3.05, 3.63) is 12.2 Å². The topological polar surface area (TPSA) is 47.9 Å². The third-order valence-electron chi connectivity index (χ3n) is 4.82. The van der Waals surface area contributed by atoms with Gasteiger partial charge >= 0.3 is 0 Å². The van der Waals surface area contributed by atoms with Crippen LogP contribution in [0.1, 0.15) is 40.0 Å². The molecule has 0 amide bonds. The smallest absolute Gasteiger partial charge is 0.192 e. The van der Waals surface area contributed by atoms with Crippen molar-refractivity contribution >= 4 is 8.32 Å². The molecule has 0 radical (unpaired) electrons. The molecule has 1 N–H and O–H groups in total. The molecule has 124 valence electrons. The van der Waals surface area contributed by atoms with Gasteiger partial charge in [0.15, 0.2) is 14.6 Å². The van der Waals surface area contributed by atoms with E-state index in [0.29, 0.717) is 6.42 Å². The second-order valence-corrected chi connectivity index (χ2v) is 12.2. The van der Waals surface area contributed by atoms with Gasteiger partial charge in [-0.05, 0) is 31.0 Å². The second kappa shape index (κ2) is 6.92. The molecule has 0 fully saturated rings. The van der Waals surface area contributed by atoms with Crippen LogP contribution in [0.25, 0.3) is 0 Å². The number of methoxy groups -OCH3 is 2. The highest BCUT2D eigenvalue weighted by Gasteiger charge is 2.46. The van der Waals surface area contributed by atoms with E-state index in [1.807, 2.05) is 12.2 Å². The van der Waals surface area contributed by atoms with Gasteiger partial charge in [-0.3, -0.25) is 0 Å². The first kappa shape index (κ1) is 18.8. The van der Waals surface area contributed by atoms with Gasteiger partial charge in [0.05, 0.1) is 6.10 Å². The van der Waals surface area contributed by atoms with Gasteiger partial charge < -0.3 is 19.0 Å². The van der Waals surface area contributed by atoms with Gasteiger partial charge in [0.2, 0.25) is 0 Å². The first-order chi connectivity index (χ1) is 9.55. The van der Waals surface area contributed by atoms with E-state index in [4.69, 9.17) is 13.9 Å². The molecule has 0 saturated carbocycles. The van der Waals surface area contributed by atoms with Crippen molar-refractivity contribution in [3.63, 3.8) is 0 Å². The zero-order chi connectivity index (χ0) is 16.3. The van der Waals surface area contributed by atoms with Crippen molar-refractivity contribution in [3.8, 4) is 0 Å². The maximum Gasteiger partial charge on any atom is 0.192 e. The third kappa shape index (κ3) is 4.63. The summed E-state index contributed by atoms with van der Waals surface area (Å²) in [5.41, 5.74) is -1.02. The standard InChI is InChI=1S/C16H32O4Si/c1-15(2,3)21(6,7)20-13-10-8-9-11-16(13,17)12-14(18-4)19-5/h9,11,13-14,17H,8,10,12H2,1-7H3/t13-,16+/m0/s1. The van der Waals surface area contributed by atoms with E-state index >= 15 is 0 Å². The molecule has 1 aliphatic rings. The van der Waals surface area contributed by atoms with Gasteiger partial charge in [-0.15, -0.1) is 0 Å². The molecular formula is C16H32O4Si. The molecule has 0 unspecified atom stereocenters. The molecular weight excluding hydrogens is 284 g/mol. The zero-order valence-electron chi connectivity index (χ0n) is 14.6. The minimum absolute atomic E-state index is 0.122. The number of allylic oxidation sites excluding steroid dienone is 1. The second-order valence-electron chi connectivity index (χ2n) is 7.44. The van der Waals surface area contributed by atoms with Crippen LogP contribution < -0.4 is 0 Å². The Morgan fingerprint density at radius 2 is 1.86 bits per heavy atom. The van der Waals surface area contributed by atoms with Crippen LogP contribution in [-0.2, 0) is 13.9 Å². The van der Waals surface area contributed by atoms with Crippen molar-refractivity contribution in [2.75, 3.05) is 14.2 Å². The van der Waals surface area contributed by atoms with Crippen LogP contribution in [0.2, 0.25) is 18.1 Å². The van der Waals surface area contributed by atoms with Gasteiger partial charge in [0.25, 0.3) is 0 Å². The van der Waals surface area contributed by atoms with Crippen LogP contribution in [0.15, 0.2) is 12.2 Å². The van der Waals surface area contributed by atoms with E-state index in [-0.39, 0.29) is 11.1 Å². The van der Waals surface area contributed by atoms with Gasteiger partial charge in [0.1, 0.15) is 5.60 Å². The van der Waals surface area contributed by atoms with Crippen molar-refractivity contribution in [2.24, 2.45) is 0 Å². The highest BCUT2D eigenvalue weighted by Crippen LogP contribution is 2.41. The van der Waals surface area contributed by atoms with Crippen molar-refractivity contribution in [2.45, 2.75) is 76.2 Å². The molecule has 0 aromatic heterocycles. The Hall–Kier alpha value is -0.203. The van der Waals surface area contributed by atoms with Gasteiger partial charge in [-0.1, -0.05) is 32.9 Å². The summed E-state index contributed by atoms with van der Waals surface area (Å²) in [7, 11) is 1.25. The van der Waals surface area contributed by atoms with E-state index in [2.05, 4.69) is 33.9 Å². The first-order valence-corrected chi connectivity index (χ1v) is 10.6. The first-order valence-electron chi connectivity index (χ1n) is 7.69. The Morgan fingerprint density at radius 3 is 2.33 bits per heavy atom. The van der Waals surface area contributed by atoms with E-state index in [0.717, 1.165) is 12.8 Å². The molecule has 0 saturated heterocycles. The fourth-order valence-electron chi connectivity index (χ4n) is 2.32. The van der Waals surface area contributed by atoms with Crippen LogP contribution >= 0.6 is 0 Å². The minimum Gasteiger partial charge on any atom is -0.411 e. The van der Waals surface area contributed by atoms with Crippen LogP contribution in [0.5, 0.6) is 0 Å². The molecule has 2 atom stereocenters. The summed E-state index contributed by atoms with van der Waals surface area (Å²) in [6, 6.07) is 0. The summed E-state index contributed by atoms with van der Waals surface area (Å²) in [6.07, 6.45) is 5.41. The average Bonchev–Trinajstić information content (AvgIpc) is 2.37. The Bertz CT molecular complexity index is 358. The molecule has 0 aromatic rings.